The summed E-state index contributed by atoms with van der Waals surface area (Å²) in [6.07, 6.45) is -1.53. The molecule has 0 amide bonds. The molecule has 13 nitrogen and oxygen atoms in total. The van der Waals surface area contributed by atoms with Crippen molar-refractivity contribution in [1.82, 2.24) is 14.5 Å². The van der Waals surface area contributed by atoms with Crippen molar-refractivity contribution in [1.29, 1.82) is 0 Å². The summed E-state index contributed by atoms with van der Waals surface area (Å²) in [6, 6.07) is 30.8. The first-order chi connectivity index (χ1) is 26.8. The van der Waals surface area contributed by atoms with Gasteiger partial charge in [0.2, 0.25) is 0 Å². The average Bonchev–Trinajstić information content (AvgIpc) is 3.75. The summed E-state index contributed by atoms with van der Waals surface area (Å²) in [5, 5.41) is 3.97. The van der Waals surface area contributed by atoms with E-state index >= 15 is 0 Å². The van der Waals surface area contributed by atoms with Crippen molar-refractivity contribution in [3.63, 3.8) is 0 Å². The van der Waals surface area contributed by atoms with Gasteiger partial charge in [-0.1, -0.05) is 54.6 Å². The molecule has 1 saturated heterocycles. The highest BCUT2D eigenvalue weighted by Crippen LogP contribution is 2.40. The van der Waals surface area contributed by atoms with Crippen LogP contribution in [0.4, 0.5) is 5.82 Å². The van der Waals surface area contributed by atoms with Gasteiger partial charge in [0, 0.05) is 28.8 Å². The van der Waals surface area contributed by atoms with Crippen LogP contribution in [0.15, 0.2) is 126 Å². The van der Waals surface area contributed by atoms with Gasteiger partial charge in [0.25, 0.3) is 0 Å². The molecule has 2 aromatic heterocycles. The Hall–Kier alpha value is -6.25. The minimum atomic E-state index is -1.24. The van der Waals surface area contributed by atoms with Gasteiger partial charge in [-0.15, -0.1) is 0 Å². The maximum atomic E-state index is 13.7. The van der Waals surface area contributed by atoms with Crippen LogP contribution in [-0.2, 0) is 25.5 Å². The van der Waals surface area contributed by atoms with Crippen molar-refractivity contribution in [2.75, 3.05) is 26.1 Å². The van der Waals surface area contributed by atoms with Gasteiger partial charge in [0.05, 0.1) is 36.3 Å². The number of carbonyl (C=O) groups excluding carboxylic acids is 3. The van der Waals surface area contributed by atoms with E-state index in [2.05, 4.69) is 31.2 Å². The summed E-state index contributed by atoms with van der Waals surface area (Å²) in [5.41, 5.74) is 2.13. The fourth-order valence-electron chi connectivity index (χ4n) is 6.23. The van der Waals surface area contributed by atoms with Crippen LogP contribution in [0.5, 0.6) is 11.5 Å². The lowest BCUT2D eigenvalue weighted by Gasteiger charge is -2.25. The van der Waals surface area contributed by atoms with E-state index in [9.17, 15) is 14.4 Å². The Labute approximate surface area is 324 Å². The Kier molecular flexibility index (Phi) is 11.3. The number of nitrogens with zero attached hydrogens (tertiary/aromatic N) is 3. The topological polar surface area (TPSA) is 149 Å². The standard InChI is InChI=1S/C41H35BrN4O9/c1-50-29-19-18-28(31(20-29)51-2)21-43-36-33-30(42)22-46(37(33)45-24-44-36)38-35(55-41(49)27-16-10-5-11-17-27)34(54-40(48)26-14-8-4-9-15-26)32(53-38)23-52-39(47)25-12-6-3-7-13-25/h3-20,22,24,32,34-35,38H,21,23H2,1-2H3,(H,43,44,45)/t32-,34+,35+,38+/m0/s1. The molecule has 1 aliphatic heterocycles. The zero-order chi connectivity index (χ0) is 38.3. The van der Waals surface area contributed by atoms with Gasteiger partial charge in [0.1, 0.15) is 42.0 Å². The van der Waals surface area contributed by atoms with Gasteiger partial charge >= 0.3 is 17.9 Å². The van der Waals surface area contributed by atoms with Crippen LogP contribution in [-0.4, -0.2) is 71.6 Å². The number of anilines is 1. The Balaban J connectivity index is 1.25. The average molecular weight is 808 g/mol. The first-order valence-corrected chi connectivity index (χ1v) is 18.0. The maximum Gasteiger partial charge on any atom is 0.338 e. The van der Waals surface area contributed by atoms with Crippen molar-refractivity contribution in [3.8, 4) is 11.5 Å². The third kappa shape index (κ3) is 8.15. The lowest BCUT2D eigenvalue weighted by molar-refractivity contribution is -0.0604. The van der Waals surface area contributed by atoms with E-state index in [1.807, 2.05) is 12.1 Å². The lowest BCUT2D eigenvalue weighted by atomic mass is 10.1. The molecule has 0 unspecified atom stereocenters. The number of halogens is 1. The van der Waals surface area contributed by atoms with Crippen molar-refractivity contribution < 1.29 is 42.8 Å². The van der Waals surface area contributed by atoms with Gasteiger partial charge in [-0.05, 0) is 64.5 Å². The van der Waals surface area contributed by atoms with Gasteiger partial charge in [-0.25, -0.2) is 24.4 Å². The van der Waals surface area contributed by atoms with Crippen molar-refractivity contribution >= 4 is 50.7 Å². The highest BCUT2D eigenvalue weighted by molar-refractivity contribution is 9.10. The summed E-state index contributed by atoms with van der Waals surface area (Å²) in [7, 11) is 3.17. The molecule has 14 heteroatoms. The number of hydrogen-bond donors (Lipinski definition) is 1. The van der Waals surface area contributed by atoms with Crippen LogP contribution in [0, 0.1) is 0 Å². The highest BCUT2D eigenvalue weighted by atomic mass is 79.9. The second-order valence-corrected chi connectivity index (χ2v) is 13.2. The van der Waals surface area contributed by atoms with Crippen molar-refractivity contribution in [2.24, 2.45) is 0 Å². The first-order valence-electron chi connectivity index (χ1n) is 17.2. The normalized spacial score (nSPS) is 17.7. The Bertz CT molecular complexity index is 2290. The Morgan fingerprint density at radius 2 is 1.36 bits per heavy atom. The molecule has 0 bridgehead atoms. The number of benzene rings is 4. The molecule has 0 radical (unpaired) electrons. The minimum absolute atomic E-state index is 0.269. The van der Waals surface area contributed by atoms with E-state index in [0.29, 0.717) is 44.9 Å². The summed E-state index contributed by atoms with van der Waals surface area (Å²) in [4.78, 5) is 49.5. The zero-order valence-corrected chi connectivity index (χ0v) is 31.3. The number of carbonyl (C=O) groups is 3. The molecule has 0 spiro atoms. The highest BCUT2D eigenvalue weighted by Gasteiger charge is 2.52. The SMILES string of the molecule is COc1ccc(CNc2ncnc3c2c(Br)cn3[C@@H]2O[C@@H](COC(=O)c3ccccc3)[C@@H](OC(=O)c3ccccc3)[C@H]2OC(=O)c2ccccc2)c(OC)c1. The van der Waals surface area contributed by atoms with Gasteiger partial charge in [-0.3, -0.25) is 0 Å². The number of fused-ring (bicyclic) bond motifs is 1. The number of ether oxygens (including phenoxy) is 6. The molecule has 1 fully saturated rings. The molecule has 6 aromatic rings. The fraction of sp³-hybridized carbons (Fsp3) is 0.195. The van der Waals surface area contributed by atoms with Crippen LogP contribution >= 0.6 is 15.9 Å². The third-order valence-corrected chi connectivity index (χ3v) is 9.56. The number of hydrogen-bond acceptors (Lipinski definition) is 12. The number of aromatic nitrogens is 3. The first kappa shape index (κ1) is 37.1. The summed E-state index contributed by atoms with van der Waals surface area (Å²) in [5.74, 6) is -0.190. The molecule has 55 heavy (non-hydrogen) atoms. The Morgan fingerprint density at radius 3 is 1.96 bits per heavy atom. The van der Waals surface area contributed by atoms with E-state index in [1.165, 1.54) is 6.33 Å². The van der Waals surface area contributed by atoms with Crippen LogP contribution in [0.25, 0.3) is 11.0 Å². The minimum Gasteiger partial charge on any atom is -0.497 e. The molecule has 0 saturated carbocycles. The van der Waals surface area contributed by atoms with Crippen LogP contribution in [0.1, 0.15) is 42.9 Å². The second kappa shape index (κ2) is 16.8. The van der Waals surface area contributed by atoms with Gasteiger partial charge < -0.3 is 38.3 Å². The molecule has 1 aliphatic rings. The van der Waals surface area contributed by atoms with Crippen LogP contribution < -0.4 is 14.8 Å². The zero-order valence-electron chi connectivity index (χ0n) is 29.7. The second-order valence-electron chi connectivity index (χ2n) is 12.3. The van der Waals surface area contributed by atoms with E-state index < -0.39 is 42.4 Å². The summed E-state index contributed by atoms with van der Waals surface area (Å²) >= 11 is 3.67. The van der Waals surface area contributed by atoms with Gasteiger partial charge in [-0.2, -0.15) is 0 Å². The molecule has 7 rings (SSSR count). The van der Waals surface area contributed by atoms with E-state index in [-0.39, 0.29) is 17.7 Å². The lowest BCUT2D eigenvalue weighted by Crippen LogP contribution is -2.41. The van der Waals surface area contributed by atoms with Gasteiger partial charge in [0.15, 0.2) is 18.4 Å². The number of nitrogens with one attached hydrogen (secondary N) is 1. The molecular formula is C41H35BrN4O9. The molecule has 3 heterocycles. The third-order valence-electron chi connectivity index (χ3n) is 8.96. The molecule has 280 valence electrons. The number of rotatable bonds is 13. The molecular weight excluding hydrogens is 772 g/mol. The van der Waals surface area contributed by atoms with E-state index in [4.69, 9.17) is 28.4 Å². The number of esters is 3. The molecule has 4 atom stereocenters. The Morgan fingerprint density at radius 1 is 0.764 bits per heavy atom. The van der Waals surface area contributed by atoms with E-state index in [0.717, 1.165) is 5.56 Å². The largest absolute Gasteiger partial charge is 0.497 e. The molecule has 1 N–H and O–H groups in total. The summed E-state index contributed by atoms with van der Waals surface area (Å²) in [6.45, 7) is 0.0166. The predicted molar refractivity (Wildman–Crippen MR) is 204 cm³/mol. The smallest absolute Gasteiger partial charge is 0.338 e. The predicted octanol–water partition coefficient (Wildman–Crippen LogP) is 7.03. The van der Waals surface area contributed by atoms with E-state index in [1.54, 1.807) is 122 Å². The van der Waals surface area contributed by atoms with Crippen molar-refractivity contribution in [3.05, 3.63) is 148 Å². The monoisotopic (exact) mass is 806 g/mol. The number of methoxy groups -OCH3 is 2. The maximum absolute atomic E-state index is 13.7. The van der Waals surface area contributed by atoms with Crippen LogP contribution in [0.2, 0.25) is 0 Å². The van der Waals surface area contributed by atoms with Crippen molar-refractivity contribution in [2.45, 2.75) is 31.1 Å². The molecule has 4 aromatic carbocycles. The fourth-order valence-corrected chi connectivity index (χ4v) is 6.81. The summed E-state index contributed by atoms with van der Waals surface area (Å²) < 4.78 is 37.7. The van der Waals surface area contributed by atoms with Crippen LogP contribution in [0.3, 0.4) is 0 Å². The molecule has 0 aliphatic carbocycles. The quantitative estimate of drug-likeness (QED) is 0.0944.